The summed E-state index contributed by atoms with van der Waals surface area (Å²) in [6, 6.07) is 12.4. The molecule has 5 nitrogen and oxygen atoms in total. The topological polar surface area (TPSA) is 56.2 Å². The standard InChI is InChI=1S/C18H15Cl2N3O2S/c1-23-9-8-21-18(23)26-16-5-3-2-4-14(16)22-17(24)11-25-15-7-6-12(19)10-13(15)20/h2-10H,11H2,1H3,(H,22,24). The van der Waals surface area contributed by atoms with Gasteiger partial charge in [0, 0.05) is 29.4 Å². The van der Waals surface area contributed by atoms with Crippen LogP contribution in [0.1, 0.15) is 0 Å². The van der Waals surface area contributed by atoms with Crippen LogP contribution in [0.2, 0.25) is 10.0 Å². The van der Waals surface area contributed by atoms with Crippen LogP contribution in [-0.4, -0.2) is 22.1 Å². The SMILES string of the molecule is Cn1ccnc1Sc1ccccc1NC(=O)COc1ccc(Cl)cc1Cl. The molecule has 0 saturated heterocycles. The molecule has 0 fully saturated rings. The second-order valence-corrected chi connectivity index (χ2v) is 7.18. The van der Waals surface area contributed by atoms with E-state index in [0.717, 1.165) is 10.1 Å². The van der Waals surface area contributed by atoms with E-state index < -0.39 is 0 Å². The number of nitrogens with one attached hydrogen (secondary N) is 1. The van der Waals surface area contributed by atoms with Crippen LogP contribution in [0.4, 0.5) is 5.69 Å². The number of halogens is 2. The summed E-state index contributed by atoms with van der Waals surface area (Å²) in [6.07, 6.45) is 3.60. The minimum atomic E-state index is -0.288. The summed E-state index contributed by atoms with van der Waals surface area (Å²) in [6.45, 7) is -0.164. The van der Waals surface area contributed by atoms with Crippen LogP contribution in [0.3, 0.4) is 0 Å². The fourth-order valence-electron chi connectivity index (χ4n) is 2.13. The van der Waals surface area contributed by atoms with Crippen molar-refractivity contribution in [3.8, 4) is 5.75 Å². The highest BCUT2D eigenvalue weighted by atomic mass is 35.5. The molecule has 8 heteroatoms. The van der Waals surface area contributed by atoms with Crippen LogP contribution < -0.4 is 10.1 Å². The zero-order chi connectivity index (χ0) is 18.5. The maximum Gasteiger partial charge on any atom is 0.262 e. The Morgan fingerprint density at radius 1 is 1.27 bits per heavy atom. The molecule has 0 saturated carbocycles. The Labute approximate surface area is 165 Å². The van der Waals surface area contributed by atoms with Gasteiger partial charge in [0.05, 0.1) is 10.7 Å². The molecule has 0 aliphatic carbocycles. The summed E-state index contributed by atoms with van der Waals surface area (Å²) < 4.78 is 7.38. The van der Waals surface area contributed by atoms with Gasteiger partial charge in [0.25, 0.3) is 5.91 Å². The maximum absolute atomic E-state index is 12.3. The number of ether oxygens (including phenoxy) is 1. The third kappa shape index (κ3) is 4.72. The lowest BCUT2D eigenvalue weighted by Crippen LogP contribution is -2.20. The van der Waals surface area contributed by atoms with Crippen LogP contribution in [0.25, 0.3) is 0 Å². The summed E-state index contributed by atoms with van der Waals surface area (Å²) in [5, 5.41) is 4.55. The maximum atomic E-state index is 12.3. The van der Waals surface area contributed by atoms with E-state index in [1.165, 1.54) is 11.8 Å². The highest BCUT2D eigenvalue weighted by Gasteiger charge is 2.11. The van der Waals surface area contributed by atoms with Crippen LogP contribution in [0, 0.1) is 0 Å². The number of aromatic nitrogens is 2. The van der Waals surface area contributed by atoms with Crippen molar-refractivity contribution in [2.45, 2.75) is 10.1 Å². The van der Waals surface area contributed by atoms with Gasteiger partial charge in [-0.25, -0.2) is 4.98 Å². The van der Waals surface area contributed by atoms with Gasteiger partial charge in [-0.2, -0.15) is 0 Å². The molecule has 0 unspecified atom stereocenters. The van der Waals surface area contributed by atoms with Gasteiger partial charge < -0.3 is 14.6 Å². The highest BCUT2D eigenvalue weighted by molar-refractivity contribution is 7.99. The van der Waals surface area contributed by atoms with Crippen molar-refractivity contribution < 1.29 is 9.53 Å². The monoisotopic (exact) mass is 407 g/mol. The van der Waals surface area contributed by atoms with Crippen LogP contribution in [-0.2, 0) is 11.8 Å². The fraction of sp³-hybridized carbons (Fsp3) is 0.111. The number of rotatable bonds is 6. The average Bonchev–Trinajstić information content (AvgIpc) is 3.01. The predicted molar refractivity (Wildman–Crippen MR) is 104 cm³/mol. The summed E-state index contributed by atoms with van der Waals surface area (Å²) in [5.41, 5.74) is 0.691. The van der Waals surface area contributed by atoms with E-state index in [1.54, 1.807) is 24.4 Å². The number of carbonyl (C=O) groups excluding carboxylic acids is 1. The molecule has 0 atom stereocenters. The van der Waals surface area contributed by atoms with E-state index in [1.807, 2.05) is 42.1 Å². The summed E-state index contributed by atoms with van der Waals surface area (Å²) in [5.74, 6) is 0.116. The Morgan fingerprint density at radius 2 is 2.08 bits per heavy atom. The Kier molecular flexibility index (Phi) is 6.08. The molecule has 1 aromatic heterocycles. The Morgan fingerprint density at radius 3 is 2.81 bits per heavy atom. The first-order valence-corrected chi connectivity index (χ1v) is 9.22. The average molecular weight is 408 g/mol. The van der Waals surface area contributed by atoms with E-state index in [9.17, 15) is 4.79 Å². The Hall–Kier alpha value is -2.15. The van der Waals surface area contributed by atoms with Crippen molar-refractivity contribution in [1.82, 2.24) is 9.55 Å². The lowest BCUT2D eigenvalue weighted by molar-refractivity contribution is -0.118. The van der Waals surface area contributed by atoms with Crippen molar-refractivity contribution in [2.24, 2.45) is 7.05 Å². The van der Waals surface area contributed by atoms with E-state index in [4.69, 9.17) is 27.9 Å². The number of anilines is 1. The van der Waals surface area contributed by atoms with E-state index in [2.05, 4.69) is 10.3 Å². The highest BCUT2D eigenvalue weighted by Crippen LogP contribution is 2.32. The quantitative estimate of drug-likeness (QED) is 0.631. The molecular formula is C18H15Cl2N3O2S. The van der Waals surface area contributed by atoms with Gasteiger partial charge in [0.2, 0.25) is 0 Å². The summed E-state index contributed by atoms with van der Waals surface area (Å²) in [4.78, 5) is 17.4. The van der Waals surface area contributed by atoms with Crippen LogP contribution >= 0.6 is 35.0 Å². The molecule has 0 aliphatic rings. The van der Waals surface area contributed by atoms with E-state index >= 15 is 0 Å². The number of para-hydroxylation sites is 1. The second-order valence-electron chi connectivity index (χ2n) is 5.33. The van der Waals surface area contributed by atoms with Gasteiger partial charge in [0.15, 0.2) is 11.8 Å². The number of amides is 1. The molecule has 0 radical (unpaired) electrons. The largest absolute Gasteiger partial charge is 0.482 e. The van der Waals surface area contributed by atoms with Crippen LogP contribution in [0.15, 0.2) is 64.9 Å². The van der Waals surface area contributed by atoms with Gasteiger partial charge in [0.1, 0.15) is 5.75 Å². The number of benzene rings is 2. The number of hydrogen-bond donors (Lipinski definition) is 1. The zero-order valence-electron chi connectivity index (χ0n) is 13.8. The first kappa shape index (κ1) is 18.6. The number of imidazole rings is 1. The predicted octanol–water partition coefficient (Wildman–Crippen LogP) is 4.90. The Bertz CT molecular complexity index is 930. The third-order valence-corrected chi connectivity index (χ3v) is 5.07. The van der Waals surface area contributed by atoms with Crippen molar-refractivity contribution in [2.75, 3.05) is 11.9 Å². The number of aryl methyl sites for hydroxylation is 1. The van der Waals surface area contributed by atoms with Crippen molar-refractivity contribution in [3.05, 3.63) is 64.9 Å². The smallest absolute Gasteiger partial charge is 0.262 e. The molecular weight excluding hydrogens is 393 g/mol. The van der Waals surface area contributed by atoms with Crippen molar-refractivity contribution in [3.63, 3.8) is 0 Å². The lowest BCUT2D eigenvalue weighted by atomic mass is 10.3. The van der Waals surface area contributed by atoms with E-state index in [0.29, 0.717) is 21.5 Å². The molecule has 1 heterocycles. The third-order valence-electron chi connectivity index (χ3n) is 3.39. The summed E-state index contributed by atoms with van der Waals surface area (Å²) >= 11 is 13.4. The number of nitrogens with zero attached hydrogens (tertiary/aromatic N) is 2. The minimum Gasteiger partial charge on any atom is -0.482 e. The van der Waals surface area contributed by atoms with Crippen molar-refractivity contribution in [1.29, 1.82) is 0 Å². The Balaban J connectivity index is 1.65. The van der Waals surface area contributed by atoms with E-state index in [-0.39, 0.29) is 12.5 Å². The number of hydrogen-bond acceptors (Lipinski definition) is 4. The van der Waals surface area contributed by atoms with Crippen molar-refractivity contribution >= 4 is 46.6 Å². The number of carbonyl (C=O) groups is 1. The molecule has 3 rings (SSSR count). The molecule has 1 N–H and O–H groups in total. The van der Waals surface area contributed by atoms with Gasteiger partial charge in [-0.05, 0) is 42.1 Å². The van der Waals surface area contributed by atoms with Gasteiger partial charge in [-0.3, -0.25) is 4.79 Å². The molecule has 134 valence electrons. The minimum absolute atomic E-state index is 0.164. The molecule has 1 amide bonds. The molecule has 26 heavy (non-hydrogen) atoms. The summed E-state index contributed by atoms with van der Waals surface area (Å²) in [7, 11) is 1.92. The normalized spacial score (nSPS) is 10.6. The molecule has 0 bridgehead atoms. The first-order valence-electron chi connectivity index (χ1n) is 7.65. The second kappa shape index (κ2) is 8.49. The molecule has 0 spiro atoms. The molecule has 0 aliphatic heterocycles. The lowest BCUT2D eigenvalue weighted by Gasteiger charge is -2.12. The van der Waals surface area contributed by atoms with Gasteiger partial charge in [-0.15, -0.1) is 0 Å². The fourth-order valence-corrected chi connectivity index (χ4v) is 3.48. The molecule has 3 aromatic rings. The van der Waals surface area contributed by atoms with Gasteiger partial charge >= 0.3 is 0 Å². The zero-order valence-corrected chi connectivity index (χ0v) is 16.1. The van der Waals surface area contributed by atoms with Crippen LogP contribution in [0.5, 0.6) is 5.75 Å². The molecule has 2 aromatic carbocycles. The first-order chi connectivity index (χ1) is 12.5. The van der Waals surface area contributed by atoms with Gasteiger partial charge in [-0.1, -0.05) is 35.3 Å².